The van der Waals surface area contributed by atoms with Crippen molar-refractivity contribution in [2.24, 2.45) is 0 Å². The molecule has 2 aromatic rings. The van der Waals surface area contributed by atoms with E-state index in [2.05, 4.69) is 20.9 Å². The first-order valence-corrected chi connectivity index (χ1v) is 4.65. The van der Waals surface area contributed by atoms with E-state index in [0.717, 1.165) is 4.47 Å². The summed E-state index contributed by atoms with van der Waals surface area (Å²) in [4.78, 5) is 3.87. The standard InChI is InChI=1S/C10H4BrFN2/c11-8-1-2-9(12)10-6(3-13)4-14-5-7(8)10/h1-2,4-5H. The minimum Gasteiger partial charge on any atom is -0.263 e. The van der Waals surface area contributed by atoms with Crippen LogP contribution in [0.3, 0.4) is 0 Å². The van der Waals surface area contributed by atoms with Crippen LogP contribution in [-0.2, 0) is 0 Å². The van der Waals surface area contributed by atoms with Gasteiger partial charge < -0.3 is 0 Å². The topological polar surface area (TPSA) is 36.7 Å². The highest BCUT2D eigenvalue weighted by molar-refractivity contribution is 9.10. The fourth-order valence-corrected chi connectivity index (χ4v) is 1.74. The summed E-state index contributed by atoms with van der Waals surface area (Å²) in [6, 6.07) is 4.84. The molecule has 0 saturated heterocycles. The minimum absolute atomic E-state index is 0.251. The smallest absolute Gasteiger partial charge is 0.132 e. The molecule has 0 bridgehead atoms. The van der Waals surface area contributed by atoms with Crippen LogP contribution in [-0.4, -0.2) is 4.98 Å². The molecule has 2 rings (SSSR count). The molecule has 68 valence electrons. The first-order valence-electron chi connectivity index (χ1n) is 3.86. The van der Waals surface area contributed by atoms with Gasteiger partial charge in [0.2, 0.25) is 0 Å². The number of nitriles is 1. The lowest BCUT2D eigenvalue weighted by atomic mass is 10.1. The molecule has 2 nitrogen and oxygen atoms in total. The monoisotopic (exact) mass is 250 g/mol. The van der Waals surface area contributed by atoms with Gasteiger partial charge >= 0.3 is 0 Å². The summed E-state index contributed by atoms with van der Waals surface area (Å²) in [5, 5.41) is 9.71. The summed E-state index contributed by atoms with van der Waals surface area (Å²) in [6.07, 6.45) is 2.89. The highest BCUT2D eigenvalue weighted by atomic mass is 79.9. The van der Waals surface area contributed by atoms with Crippen LogP contribution >= 0.6 is 15.9 Å². The Morgan fingerprint density at radius 2 is 2.14 bits per heavy atom. The fraction of sp³-hybridized carbons (Fsp3) is 0. The summed E-state index contributed by atoms with van der Waals surface area (Å²) < 4.78 is 14.1. The van der Waals surface area contributed by atoms with E-state index in [9.17, 15) is 4.39 Å². The van der Waals surface area contributed by atoms with E-state index in [1.165, 1.54) is 18.5 Å². The van der Waals surface area contributed by atoms with Gasteiger partial charge in [-0.25, -0.2) is 4.39 Å². The van der Waals surface area contributed by atoms with Crippen molar-refractivity contribution in [3.8, 4) is 6.07 Å². The summed E-state index contributed by atoms with van der Waals surface area (Å²) >= 11 is 3.28. The summed E-state index contributed by atoms with van der Waals surface area (Å²) in [6.45, 7) is 0. The maximum Gasteiger partial charge on any atom is 0.132 e. The van der Waals surface area contributed by atoms with E-state index in [1.54, 1.807) is 6.07 Å². The zero-order valence-corrected chi connectivity index (χ0v) is 8.55. The van der Waals surface area contributed by atoms with Gasteiger partial charge in [-0.05, 0) is 12.1 Å². The van der Waals surface area contributed by atoms with Gasteiger partial charge in [0, 0.05) is 27.6 Å². The largest absolute Gasteiger partial charge is 0.263 e. The lowest BCUT2D eigenvalue weighted by Crippen LogP contribution is -1.87. The van der Waals surface area contributed by atoms with Crippen molar-refractivity contribution in [2.45, 2.75) is 0 Å². The molecule has 0 radical (unpaired) electrons. The highest BCUT2D eigenvalue weighted by Gasteiger charge is 2.08. The van der Waals surface area contributed by atoms with Crippen LogP contribution < -0.4 is 0 Å². The van der Waals surface area contributed by atoms with Crippen molar-refractivity contribution in [1.29, 1.82) is 5.26 Å². The Hall–Kier alpha value is -1.47. The molecule has 0 N–H and O–H groups in total. The van der Waals surface area contributed by atoms with Gasteiger partial charge in [-0.3, -0.25) is 4.98 Å². The first kappa shape index (κ1) is 9.10. The van der Waals surface area contributed by atoms with Gasteiger partial charge in [-0.1, -0.05) is 15.9 Å². The second kappa shape index (κ2) is 3.35. The van der Waals surface area contributed by atoms with E-state index in [0.29, 0.717) is 10.8 Å². The van der Waals surface area contributed by atoms with Crippen LogP contribution in [0.25, 0.3) is 10.8 Å². The third kappa shape index (κ3) is 1.26. The summed E-state index contributed by atoms with van der Waals surface area (Å²) in [7, 11) is 0. The first-order chi connectivity index (χ1) is 6.74. The van der Waals surface area contributed by atoms with Gasteiger partial charge in [0.25, 0.3) is 0 Å². The minimum atomic E-state index is -0.401. The lowest BCUT2D eigenvalue weighted by molar-refractivity contribution is 0.639. The van der Waals surface area contributed by atoms with Crippen molar-refractivity contribution in [3.05, 3.63) is 40.4 Å². The molecular weight excluding hydrogens is 247 g/mol. The molecule has 0 aliphatic carbocycles. The van der Waals surface area contributed by atoms with Crippen molar-refractivity contribution < 1.29 is 4.39 Å². The van der Waals surface area contributed by atoms with Crippen LogP contribution in [0.2, 0.25) is 0 Å². The lowest BCUT2D eigenvalue weighted by Gasteiger charge is -2.02. The average molecular weight is 251 g/mol. The fourth-order valence-electron chi connectivity index (χ4n) is 1.30. The molecule has 0 atom stereocenters. The van der Waals surface area contributed by atoms with Gasteiger partial charge in [-0.15, -0.1) is 0 Å². The molecule has 0 fully saturated rings. The Morgan fingerprint density at radius 1 is 1.36 bits per heavy atom. The summed E-state index contributed by atoms with van der Waals surface area (Å²) in [5.74, 6) is -0.401. The zero-order valence-electron chi connectivity index (χ0n) is 6.96. The SMILES string of the molecule is N#Cc1cncc2c(Br)ccc(F)c12. The van der Waals surface area contributed by atoms with E-state index < -0.39 is 5.82 Å². The molecular formula is C10H4BrFN2. The number of hydrogen-bond donors (Lipinski definition) is 0. The molecule has 0 unspecified atom stereocenters. The molecule has 1 aromatic heterocycles. The van der Waals surface area contributed by atoms with E-state index >= 15 is 0 Å². The quantitative estimate of drug-likeness (QED) is 0.721. The van der Waals surface area contributed by atoms with Crippen molar-refractivity contribution >= 4 is 26.7 Å². The highest BCUT2D eigenvalue weighted by Crippen LogP contribution is 2.27. The number of halogens is 2. The number of aromatic nitrogens is 1. The second-order valence-electron chi connectivity index (χ2n) is 2.75. The van der Waals surface area contributed by atoms with Gasteiger partial charge in [0.05, 0.1) is 5.56 Å². The molecule has 0 saturated carbocycles. The Labute approximate surface area is 88.1 Å². The molecule has 0 aliphatic rings. The number of nitrogens with zero attached hydrogens (tertiary/aromatic N) is 2. The maximum absolute atomic E-state index is 13.4. The van der Waals surface area contributed by atoms with Crippen LogP contribution in [0.5, 0.6) is 0 Å². The molecule has 4 heteroatoms. The molecule has 14 heavy (non-hydrogen) atoms. The van der Waals surface area contributed by atoms with Crippen LogP contribution in [0.4, 0.5) is 4.39 Å². The van der Waals surface area contributed by atoms with E-state index in [-0.39, 0.29) is 5.56 Å². The number of pyridine rings is 1. The van der Waals surface area contributed by atoms with E-state index in [4.69, 9.17) is 5.26 Å². The third-order valence-corrected chi connectivity index (χ3v) is 2.63. The number of rotatable bonds is 0. The average Bonchev–Trinajstić information content (AvgIpc) is 2.23. The van der Waals surface area contributed by atoms with Gasteiger partial charge in [0.1, 0.15) is 11.9 Å². The van der Waals surface area contributed by atoms with Gasteiger partial charge in [-0.2, -0.15) is 5.26 Å². The normalized spacial score (nSPS) is 10.1. The Balaban J connectivity index is 3.01. The Bertz CT molecular complexity index is 546. The molecule has 1 aromatic carbocycles. The third-order valence-electron chi connectivity index (χ3n) is 1.94. The number of fused-ring (bicyclic) bond motifs is 1. The van der Waals surface area contributed by atoms with Crippen molar-refractivity contribution in [1.82, 2.24) is 4.98 Å². The van der Waals surface area contributed by atoms with Gasteiger partial charge in [0.15, 0.2) is 0 Å². The molecule has 0 amide bonds. The number of benzene rings is 1. The Morgan fingerprint density at radius 3 is 2.86 bits per heavy atom. The molecule has 0 spiro atoms. The maximum atomic E-state index is 13.4. The van der Waals surface area contributed by atoms with Crippen LogP contribution in [0.1, 0.15) is 5.56 Å². The predicted octanol–water partition coefficient (Wildman–Crippen LogP) is 3.01. The van der Waals surface area contributed by atoms with Crippen LogP contribution in [0.15, 0.2) is 29.0 Å². The van der Waals surface area contributed by atoms with Crippen molar-refractivity contribution in [3.63, 3.8) is 0 Å². The second-order valence-corrected chi connectivity index (χ2v) is 3.60. The Kier molecular flexibility index (Phi) is 2.18. The van der Waals surface area contributed by atoms with Crippen molar-refractivity contribution in [2.75, 3.05) is 0 Å². The molecule has 1 heterocycles. The number of hydrogen-bond acceptors (Lipinski definition) is 2. The molecule has 0 aliphatic heterocycles. The zero-order chi connectivity index (χ0) is 10.1. The summed E-state index contributed by atoms with van der Waals surface area (Å²) in [5.41, 5.74) is 0.251. The predicted molar refractivity (Wildman–Crippen MR) is 54.1 cm³/mol. The van der Waals surface area contributed by atoms with Crippen LogP contribution in [0, 0.1) is 17.1 Å². The van der Waals surface area contributed by atoms with E-state index in [1.807, 2.05) is 6.07 Å².